The molecule has 0 spiro atoms. The molecule has 2 saturated carbocycles. The van der Waals surface area contributed by atoms with Gasteiger partial charge in [0.25, 0.3) is 0 Å². The summed E-state index contributed by atoms with van der Waals surface area (Å²) in [5.41, 5.74) is -0.349. The number of methoxy groups -OCH3 is 1. The highest BCUT2D eigenvalue weighted by Crippen LogP contribution is 2.44. The number of ether oxygens (including phenoxy) is 1. The standard InChI is InChI=1S/C16H22N2O3S/c1-20-16(4-2-3-5-16)15-17-14(21-18-15)10-6-11-8-22-9-12(7-10)13(11)19/h10-12H,2-9H2,1H3. The molecule has 4 rings (SSSR count). The van der Waals surface area contributed by atoms with E-state index in [0.29, 0.717) is 17.5 Å². The van der Waals surface area contributed by atoms with Crippen LogP contribution >= 0.6 is 11.8 Å². The summed E-state index contributed by atoms with van der Waals surface area (Å²) in [7, 11) is 1.74. The SMILES string of the molecule is COC1(c2noc(C3CC4CSCC(C3)C4=O)n2)CCCC1. The van der Waals surface area contributed by atoms with Crippen molar-refractivity contribution in [3.8, 4) is 0 Å². The van der Waals surface area contributed by atoms with E-state index >= 15 is 0 Å². The lowest BCUT2D eigenvalue weighted by molar-refractivity contribution is -0.128. The van der Waals surface area contributed by atoms with Crippen LogP contribution in [0.3, 0.4) is 0 Å². The van der Waals surface area contributed by atoms with E-state index in [2.05, 4.69) is 5.16 Å². The average Bonchev–Trinajstić information content (AvgIpc) is 3.17. The molecule has 0 N–H and O–H groups in total. The second kappa shape index (κ2) is 5.64. The fraction of sp³-hybridized carbons (Fsp3) is 0.812. The summed E-state index contributed by atoms with van der Waals surface area (Å²) in [6.45, 7) is 0. The summed E-state index contributed by atoms with van der Waals surface area (Å²) < 4.78 is 11.3. The Morgan fingerprint density at radius 3 is 2.50 bits per heavy atom. The van der Waals surface area contributed by atoms with Crippen molar-refractivity contribution in [3.63, 3.8) is 0 Å². The normalized spacial score (nSPS) is 34.0. The zero-order valence-corrected chi connectivity index (χ0v) is 13.7. The van der Waals surface area contributed by atoms with E-state index < -0.39 is 0 Å². The molecule has 0 aromatic carbocycles. The van der Waals surface area contributed by atoms with Crippen molar-refractivity contribution in [1.82, 2.24) is 10.1 Å². The third-order valence-electron chi connectivity index (χ3n) is 5.58. The molecule has 2 unspecified atom stereocenters. The number of aromatic nitrogens is 2. The Morgan fingerprint density at radius 2 is 1.86 bits per heavy atom. The van der Waals surface area contributed by atoms with Crippen molar-refractivity contribution in [2.24, 2.45) is 11.8 Å². The Morgan fingerprint density at radius 1 is 1.18 bits per heavy atom. The molecule has 1 aromatic rings. The molecule has 2 aliphatic carbocycles. The smallest absolute Gasteiger partial charge is 0.229 e. The number of fused-ring (bicyclic) bond motifs is 2. The van der Waals surface area contributed by atoms with Crippen LogP contribution in [0.5, 0.6) is 0 Å². The summed E-state index contributed by atoms with van der Waals surface area (Å²) in [6.07, 6.45) is 5.96. The van der Waals surface area contributed by atoms with Gasteiger partial charge in [-0.1, -0.05) is 5.16 Å². The maximum Gasteiger partial charge on any atom is 0.229 e. The number of hydrogen-bond acceptors (Lipinski definition) is 6. The first kappa shape index (κ1) is 14.7. The van der Waals surface area contributed by atoms with Crippen LogP contribution in [0.2, 0.25) is 0 Å². The van der Waals surface area contributed by atoms with E-state index in [4.69, 9.17) is 14.2 Å². The van der Waals surface area contributed by atoms with Gasteiger partial charge in [-0.15, -0.1) is 0 Å². The lowest BCUT2D eigenvalue weighted by atomic mass is 9.75. The molecule has 2 atom stereocenters. The van der Waals surface area contributed by atoms with E-state index in [-0.39, 0.29) is 23.4 Å². The molecular weight excluding hydrogens is 300 g/mol. The molecule has 2 bridgehead atoms. The van der Waals surface area contributed by atoms with Gasteiger partial charge in [0.1, 0.15) is 11.4 Å². The average molecular weight is 322 g/mol. The van der Waals surface area contributed by atoms with Crippen LogP contribution in [-0.4, -0.2) is 34.5 Å². The van der Waals surface area contributed by atoms with Crippen LogP contribution in [0.25, 0.3) is 0 Å². The van der Waals surface area contributed by atoms with E-state index in [1.807, 2.05) is 11.8 Å². The summed E-state index contributed by atoms with van der Waals surface area (Å²) in [5.74, 6) is 4.39. The molecular formula is C16H22N2O3S. The molecule has 0 amide bonds. The van der Waals surface area contributed by atoms with Gasteiger partial charge >= 0.3 is 0 Å². The van der Waals surface area contributed by atoms with Gasteiger partial charge in [-0.3, -0.25) is 4.79 Å². The number of Topliss-reactive ketones (excluding diaryl/α,β-unsaturated/α-hetero) is 1. The minimum Gasteiger partial charge on any atom is -0.370 e. The second-order valence-corrected chi connectivity index (χ2v) is 7.94. The van der Waals surface area contributed by atoms with Crippen molar-refractivity contribution < 1.29 is 14.1 Å². The molecule has 1 aliphatic heterocycles. The van der Waals surface area contributed by atoms with Gasteiger partial charge < -0.3 is 9.26 Å². The number of thioether (sulfide) groups is 1. The van der Waals surface area contributed by atoms with Crippen LogP contribution in [-0.2, 0) is 15.1 Å². The van der Waals surface area contributed by atoms with Gasteiger partial charge in [0.15, 0.2) is 0 Å². The molecule has 5 nitrogen and oxygen atoms in total. The summed E-state index contributed by atoms with van der Waals surface area (Å²) in [5, 5.41) is 4.23. The Hall–Kier alpha value is -0.880. The van der Waals surface area contributed by atoms with Crippen LogP contribution in [0.1, 0.15) is 56.2 Å². The number of carbonyl (C=O) groups excluding carboxylic acids is 1. The van der Waals surface area contributed by atoms with Crippen LogP contribution < -0.4 is 0 Å². The van der Waals surface area contributed by atoms with Crippen LogP contribution in [0, 0.1) is 11.8 Å². The van der Waals surface area contributed by atoms with Crippen LogP contribution in [0.15, 0.2) is 4.52 Å². The zero-order valence-electron chi connectivity index (χ0n) is 12.9. The van der Waals surface area contributed by atoms with Crippen molar-refractivity contribution in [2.75, 3.05) is 18.6 Å². The van der Waals surface area contributed by atoms with Gasteiger partial charge in [-0.05, 0) is 38.5 Å². The highest BCUT2D eigenvalue weighted by atomic mass is 32.2. The van der Waals surface area contributed by atoms with Crippen molar-refractivity contribution in [2.45, 2.75) is 50.0 Å². The number of rotatable bonds is 3. The Kier molecular flexibility index (Phi) is 3.77. The molecule has 22 heavy (non-hydrogen) atoms. The van der Waals surface area contributed by atoms with Gasteiger partial charge in [-0.25, -0.2) is 0 Å². The predicted octanol–water partition coefficient (Wildman–Crippen LogP) is 2.91. The number of nitrogens with zero attached hydrogens (tertiary/aromatic N) is 2. The monoisotopic (exact) mass is 322 g/mol. The molecule has 6 heteroatoms. The summed E-state index contributed by atoms with van der Waals surface area (Å²) in [6, 6.07) is 0. The molecule has 1 aromatic heterocycles. The molecule has 1 saturated heterocycles. The molecule has 3 fully saturated rings. The minimum absolute atomic E-state index is 0.181. The summed E-state index contributed by atoms with van der Waals surface area (Å²) in [4.78, 5) is 16.9. The lowest BCUT2D eigenvalue weighted by Crippen LogP contribution is -2.38. The maximum absolute atomic E-state index is 12.2. The van der Waals surface area contributed by atoms with Gasteiger partial charge in [0.2, 0.25) is 11.7 Å². The Balaban J connectivity index is 1.56. The summed E-state index contributed by atoms with van der Waals surface area (Å²) >= 11 is 1.91. The van der Waals surface area contributed by atoms with Crippen molar-refractivity contribution in [3.05, 3.63) is 11.7 Å². The first-order chi connectivity index (χ1) is 10.7. The Labute approximate surface area is 134 Å². The first-order valence-corrected chi connectivity index (χ1v) is 9.38. The van der Waals surface area contributed by atoms with E-state index in [1.54, 1.807) is 7.11 Å². The lowest BCUT2D eigenvalue weighted by Gasteiger charge is -2.35. The van der Waals surface area contributed by atoms with Crippen molar-refractivity contribution >= 4 is 17.5 Å². The van der Waals surface area contributed by atoms with Crippen LogP contribution in [0.4, 0.5) is 0 Å². The predicted molar refractivity (Wildman–Crippen MR) is 82.7 cm³/mol. The maximum atomic E-state index is 12.2. The fourth-order valence-electron chi connectivity index (χ4n) is 4.25. The highest BCUT2D eigenvalue weighted by molar-refractivity contribution is 7.99. The number of carbonyl (C=O) groups is 1. The third-order valence-corrected chi connectivity index (χ3v) is 6.86. The molecule has 3 aliphatic rings. The second-order valence-electron chi connectivity index (χ2n) is 6.86. The quantitative estimate of drug-likeness (QED) is 0.852. The first-order valence-electron chi connectivity index (χ1n) is 8.22. The molecule has 120 valence electrons. The fourth-order valence-corrected chi connectivity index (χ4v) is 5.56. The van der Waals surface area contributed by atoms with E-state index in [1.165, 1.54) is 0 Å². The topological polar surface area (TPSA) is 65.2 Å². The Bertz CT molecular complexity index is 551. The largest absolute Gasteiger partial charge is 0.370 e. The van der Waals surface area contributed by atoms with E-state index in [0.717, 1.165) is 50.0 Å². The number of hydrogen-bond donors (Lipinski definition) is 0. The van der Waals surface area contributed by atoms with Gasteiger partial charge in [0, 0.05) is 36.4 Å². The number of ketones is 1. The third kappa shape index (κ3) is 2.31. The zero-order chi connectivity index (χ0) is 15.2. The van der Waals surface area contributed by atoms with Crippen molar-refractivity contribution in [1.29, 1.82) is 0 Å². The minimum atomic E-state index is -0.349. The highest BCUT2D eigenvalue weighted by Gasteiger charge is 2.44. The van der Waals surface area contributed by atoms with Gasteiger partial charge in [-0.2, -0.15) is 16.7 Å². The molecule has 2 heterocycles. The van der Waals surface area contributed by atoms with Gasteiger partial charge in [0.05, 0.1) is 0 Å². The molecule has 0 radical (unpaired) electrons. The van der Waals surface area contributed by atoms with E-state index in [9.17, 15) is 4.79 Å².